The molecule has 0 radical (unpaired) electrons. The van der Waals surface area contributed by atoms with Crippen LogP contribution in [-0.2, 0) is 16.6 Å². The molecule has 5 heteroatoms. The zero-order chi connectivity index (χ0) is 12.2. The Hall–Kier alpha value is -0.910. The van der Waals surface area contributed by atoms with E-state index in [2.05, 4.69) is 5.32 Å². The van der Waals surface area contributed by atoms with Gasteiger partial charge in [0.1, 0.15) is 0 Å². The largest absolute Gasteiger partial charge is 0.316 e. The second-order valence-corrected chi connectivity index (χ2v) is 5.64. The molecule has 0 heterocycles. The van der Waals surface area contributed by atoms with Crippen molar-refractivity contribution in [2.75, 3.05) is 20.6 Å². The van der Waals surface area contributed by atoms with Crippen molar-refractivity contribution >= 4 is 10.0 Å². The van der Waals surface area contributed by atoms with E-state index in [-0.39, 0.29) is 0 Å². The second kappa shape index (κ2) is 5.43. The van der Waals surface area contributed by atoms with Gasteiger partial charge in [-0.25, -0.2) is 12.7 Å². The third kappa shape index (κ3) is 2.81. The van der Waals surface area contributed by atoms with Crippen LogP contribution in [0, 0.1) is 0 Å². The standard InChI is InChI=1S/C11H18N2O2S/c1-4-13(3)16(14,15)11-7-5-10(6-8-11)9-12-2/h5-8,12H,4,9H2,1-3H3. The van der Waals surface area contributed by atoms with Crippen LogP contribution >= 0.6 is 0 Å². The average molecular weight is 242 g/mol. The van der Waals surface area contributed by atoms with Crippen LogP contribution in [0.1, 0.15) is 12.5 Å². The fraction of sp³-hybridized carbons (Fsp3) is 0.455. The minimum atomic E-state index is -3.31. The van der Waals surface area contributed by atoms with Crippen LogP contribution < -0.4 is 5.32 Å². The summed E-state index contributed by atoms with van der Waals surface area (Å²) < 4.78 is 25.2. The molecule has 0 bridgehead atoms. The maximum absolute atomic E-state index is 11.9. The number of hydrogen-bond donors (Lipinski definition) is 1. The van der Waals surface area contributed by atoms with Gasteiger partial charge in [0.15, 0.2) is 0 Å². The first-order valence-electron chi connectivity index (χ1n) is 5.22. The maximum Gasteiger partial charge on any atom is 0.242 e. The van der Waals surface area contributed by atoms with Crippen LogP contribution in [0.2, 0.25) is 0 Å². The van der Waals surface area contributed by atoms with E-state index >= 15 is 0 Å². The first kappa shape index (κ1) is 13.2. The molecule has 16 heavy (non-hydrogen) atoms. The smallest absolute Gasteiger partial charge is 0.242 e. The Labute approximate surface area is 97.3 Å². The van der Waals surface area contributed by atoms with E-state index in [1.165, 1.54) is 4.31 Å². The van der Waals surface area contributed by atoms with E-state index in [0.29, 0.717) is 11.4 Å². The molecule has 90 valence electrons. The van der Waals surface area contributed by atoms with Crippen LogP contribution in [0.4, 0.5) is 0 Å². The molecule has 1 rings (SSSR count). The third-order valence-electron chi connectivity index (χ3n) is 2.46. The summed E-state index contributed by atoms with van der Waals surface area (Å²) in [5, 5.41) is 3.02. The number of benzene rings is 1. The van der Waals surface area contributed by atoms with Gasteiger partial charge in [-0.2, -0.15) is 0 Å². The number of nitrogens with one attached hydrogen (secondary N) is 1. The Morgan fingerprint density at radius 2 is 1.81 bits per heavy atom. The van der Waals surface area contributed by atoms with Gasteiger partial charge in [0.05, 0.1) is 4.90 Å². The van der Waals surface area contributed by atoms with Gasteiger partial charge in [0.25, 0.3) is 0 Å². The van der Waals surface area contributed by atoms with Gasteiger partial charge in [-0.15, -0.1) is 0 Å². The van der Waals surface area contributed by atoms with E-state index in [4.69, 9.17) is 0 Å². The van der Waals surface area contributed by atoms with E-state index in [9.17, 15) is 8.42 Å². The van der Waals surface area contributed by atoms with Crippen LogP contribution in [0.15, 0.2) is 29.2 Å². The van der Waals surface area contributed by atoms with E-state index in [1.54, 1.807) is 19.2 Å². The van der Waals surface area contributed by atoms with E-state index in [1.807, 2.05) is 26.1 Å². The lowest BCUT2D eigenvalue weighted by atomic mass is 10.2. The molecule has 4 nitrogen and oxygen atoms in total. The van der Waals surface area contributed by atoms with Gasteiger partial charge in [-0.3, -0.25) is 0 Å². The Balaban J connectivity index is 2.97. The van der Waals surface area contributed by atoms with E-state index in [0.717, 1.165) is 12.1 Å². The number of sulfonamides is 1. The van der Waals surface area contributed by atoms with Gasteiger partial charge >= 0.3 is 0 Å². The predicted octanol–water partition coefficient (Wildman–Crippen LogP) is 1.05. The monoisotopic (exact) mass is 242 g/mol. The maximum atomic E-state index is 11.9. The van der Waals surface area contributed by atoms with Crippen molar-refractivity contribution in [1.82, 2.24) is 9.62 Å². The lowest BCUT2D eigenvalue weighted by Crippen LogP contribution is -2.26. The summed E-state index contributed by atoms with van der Waals surface area (Å²) in [6.07, 6.45) is 0. The highest BCUT2D eigenvalue weighted by Crippen LogP contribution is 2.14. The lowest BCUT2D eigenvalue weighted by molar-refractivity contribution is 0.486. The first-order valence-corrected chi connectivity index (χ1v) is 6.66. The Morgan fingerprint density at radius 1 is 1.25 bits per heavy atom. The molecular weight excluding hydrogens is 224 g/mol. The molecule has 0 aliphatic heterocycles. The molecule has 0 atom stereocenters. The van der Waals surface area contributed by atoms with Crippen molar-refractivity contribution in [2.24, 2.45) is 0 Å². The highest BCUT2D eigenvalue weighted by atomic mass is 32.2. The zero-order valence-electron chi connectivity index (χ0n) is 9.90. The molecule has 0 spiro atoms. The third-order valence-corrected chi connectivity index (χ3v) is 4.40. The molecule has 1 aromatic rings. The number of hydrogen-bond acceptors (Lipinski definition) is 3. The molecular formula is C11H18N2O2S. The molecule has 1 N–H and O–H groups in total. The normalized spacial score (nSPS) is 12.0. The van der Waals surface area contributed by atoms with Gasteiger partial charge in [-0.05, 0) is 24.7 Å². The Morgan fingerprint density at radius 3 is 2.25 bits per heavy atom. The van der Waals surface area contributed by atoms with Crippen LogP contribution in [0.25, 0.3) is 0 Å². The summed E-state index contributed by atoms with van der Waals surface area (Å²) in [5.74, 6) is 0. The Kier molecular flexibility index (Phi) is 4.46. The fourth-order valence-electron chi connectivity index (χ4n) is 1.33. The average Bonchev–Trinajstić information content (AvgIpc) is 2.29. The molecule has 0 saturated heterocycles. The molecule has 0 aromatic heterocycles. The quantitative estimate of drug-likeness (QED) is 0.839. The highest BCUT2D eigenvalue weighted by molar-refractivity contribution is 7.89. The SMILES string of the molecule is CCN(C)S(=O)(=O)c1ccc(CNC)cc1. The van der Waals surface area contributed by atoms with Crippen molar-refractivity contribution in [3.05, 3.63) is 29.8 Å². The molecule has 1 aromatic carbocycles. The predicted molar refractivity (Wildman–Crippen MR) is 64.7 cm³/mol. The van der Waals surface area contributed by atoms with Crippen molar-refractivity contribution < 1.29 is 8.42 Å². The van der Waals surface area contributed by atoms with Crippen molar-refractivity contribution in [3.63, 3.8) is 0 Å². The molecule has 0 aliphatic carbocycles. The molecule has 0 fully saturated rings. The minimum Gasteiger partial charge on any atom is -0.316 e. The first-order chi connectivity index (χ1) is 7.52. The fourth-order valence-corrected chi connectivity index (χ4v) is 2.51. The highest BCUT2D eigenvalue weighted by Gasteiger charge is 2.18. The lowest BCUT2D eigenvalue weighted by Gasteiger charge is -2.14. The van der Waals surface area contributed by atoms with Gasteiger partial charge < -0.3 is 5.32 Å². The molecule has 0 aliphatic rings. The number of rotatable bonds is 5. The molecule has 0 amide bonds. The Bertz CT molecular complexity index is 426. The molecule has 0 unspecified atom stereocenters. The van der Waals surface area contributed by atoms with Crippen LogP contribution in [0.3, 0.4) is 0 Å². The minimum absolute atomic E-state index is 0.344. The van der Waals surface area contributed by atoms with Gasteiger partial charge in [0, 0.05) is 20.1 Å². The summed E-state index contributed by atoms with van der Waals surface area (Å²) in [6.45, 7) is 3.03. The summed E-state index contributed by atoms with van der Waals surface area (Å²) in [6, 6.07) is 6.95. The van der Waals surface area contributed by atoms with Gasteiger partial charge in [-0.1, -0.05) is 19.1 Å². The summed E-state index contributed by atoms with van der Waals surface area (Å²) in [7, 11) is 0.129. The summed E-state index contributed by atoms with van der Waals surface area (Å²) in [4.78, 5) is 0.344. The number of nitrogens with zero attached hydrogens (tertiary/aromatic N) is 1. The van der Waals surface area contributed by atoms with Crippen molar-refractivity contribution in [2.45, 2.75) is 18.4 Å². The zero-order valence-corrected chi connectivity index (χ0v) is 10.7. The summed E-state index contributed by atoms with van der Waals surface area (Å²) in [5.41, 5.74) is 1.07. The molecule has 0 saturated carbocycles. The second-order valence-electron chi connectivity index (χ2n) is 3.59. The van der Waals surface area contributed by atoms with Crippen molar-refractivity contribution in [1.29, 1.82) is 0 Å². The topological polar surface area (TPSA) is 49.4 Å². The summed E-state index contributed by atoms with van der Waals surface area (Å²) >= 11 is 0. The van der Waals surface area contributed by atoms with Crippen LogP contribution in [-0.4, -0.2) is 33.4 Å². The van der Waals surface area contributed by atoms with Crippen LogP contribution in [0.5, 0.6) is 0 Å². The van der Waals surface area contributed by atoms with E-state index < -0.39 is 10.0 Å². The van der Waals surface area contributed by atoms with Gasteiger partial charge in [0.2, 0.25) is 10.0 Å². The van der Waals surface area contributed by atoms with Crippen molar-refractivity contribution in [3.8, 4) is 0 Å².